The van der Waals surface area contributed by atoms with Crippen LogP contribution in [0.15, 0.2) is 18.2 Å². The lowest BCUT2D eigenvalue weighted by molar-refractivity contribution is 0.154. The fourth-order valence-corrected chi connectivity index (χ4v) is 2.82. The third-order valence-corrected chi connectivity index (χ3v) is 4.26. The Labute approximate surface area is 111 Å². The van der Waals surface area contributed by atoms with Crippen LogP contribution in [-0.4, -0.2) is 24.0 Å². The molecule has 2 atom stereocenters. The third kappa shape index (κ3) is 3.33. The highest BCUT2D eigenvalue weighted by molar-refractivity contribution is 5.29. The molecule has 2 heteroatoms. The van der Waals surface area contributed by atoms with E-state index in [0.717, 1.165) is 13.1 Å². The topological polar surface area (TPSA) is 29.3 Å². The Bertz CT molecular complexity index is 398. The molecule has 2 unspecified atom stereocenters. The van der Waals surface area contributed by atoms with E-state index in [2.05, 4.69) is 43.9 Å². The minimum atomic E-state index is 0.326. The van der Waals surface area contributed by atoms with Gasteiger partial charge in [0.2, 0.25) is 0 Å². The predicted molar refractivity (Wildman–Crippen MR) is 77.6 cm³/mol. The summed E-state index contributed by atoms with van der Waals surface area (Å²) < 4.78 is 0. The highest BCUT2D eigenvalue weighted by Gasteiger charge is 2.22. The number of nitrogens with zero attached hydrogens (tertiary/aromatic N) is 1. The zero-order valence-corrected chi connectivity index (χ0v) is 11.9. The summed E-state index contributed by atoms with van der Waals surface area (Å²) in [6, 6.07) is 7.15. The summed E-state index contributed by atoms with van der Waals surface area (Å²) in [5, 5.41) is 0. The normalized spacial score (nSPS) is 23.0. The molecule has 1 aromatic carbocycles. The Morgan fingerprint density at radius 2 is 2.11 bits per heavy atom. The van der Waals surface area contributed by atoms with E-state index in [9.17, 15) is 0 Å². The van der Waals surface area contributed by atoms with E-state index in [1.165, 1.54) is 36.1 Å². The van der Waals surface area contributed by atoms with Crippen LogP contribution in [0.5, 0.6) is 0 Å². The molecule has 1 aliphatic rings. The van der Waals surface area contributed by atoms with Crippen molar-refractivity contribution in [3.8, 4) is 0 Å². The molecule has 0 amide bonds. The van der Waals surface area contributed by atoms with Gasteiger partial charge in [-0.05, 0) is 62.8 Å². The van der Waals surface area contributed by atoms with Crippen molar-refractivity contribution in [1.82, 2.24) is 4.90 Å². The smallest absolute Gasteiger partial charge is 0.0233 e. The SMILES string of the molecule is Cc1ccc(CN2CCCC(C(C)N)C2)cc1C. The standard InChI is InChI=1S/C16H26N2/c1-12-6-7-15(9-13(12)2)10-18-8-4-5-16(11-18)14(3)17/h6-7,9,14,16H,4-5,8,10-11,17H2,1-3H3. The van der Waals surface area contributed by atoms with Gasteiger partial charge in [-0.3, -0.25) is 4.90 Å². The summed E-state index contributed by atoms with van der Waals surface area (Å²) in [5.74, 6) is 0.672. The molecule has 0 saturated carbocycles. The molecule has 0 radical (unpaired) electrons. The largest absolute Gasteiger partial charge is 0.328 e. The Balaban J connectivity index is 1.98. The van der Waals surface area contributed by atoms with E-state index < -0.39 is 0 Å². The van der Waals surface area contributed by atoms with E-state index in [-0.39, 0.29) is 0 Å². The van der Waals surface area contributed by atoms with Crippen molar-refractivity contribution in [2.24, 2.45) is 11.7 Å². The zero-order chi connectivity index (χ0) is 13.1. The van der Waals surface area contributed by atoms with Crippen LogP contribution >= 0.6 is 0 Å². The average Bonchev–Trinajstić information content (AvgIpc) is 2.34. The van der Waals surface area contributed by atoms with Crippen molar-refractivity contribution in [2.75, 3.05) is 13.1 Å². The van der Waals surface area contributed by atoms with Crippen molar-refractivity contribution in [3.05, 3.63) is 34.9 Å². The Morgan fingerprint density at radius 1 is 1.33 bits per heavy atom. The maximum absolute atomic E-state index is 6.04. The summed E-state index contributed by atoms with van der Waals surface area (Å²) in [4.78, 5) is 2.56. The summed E-state index contributed by atoms with van der Waals surface area (Å²) in [7, 11) is 0. The molecule has 0 aromatic heterocycles. The third-order valence-electron chi connectivity index (χ3n) is 4.26. The van der Waals surface area contributed by atoms with E-state index in [1.54, 1.807) is 0 Å². The van der Waals surface area contributed by atoms with Crippen LogP contribution in [0.4, 0.5) is 0 Å². The van der Waals surface area contributed by atoms with Crippen molar-refractivity contribution in [3.63, 3.8) is 0 Å². The van der Waals surface area contributed by atoms with E-state index >= 15 is 0 Å². The van der Waals surface area contributed by atoms with Crippen molar-refractivity contribution >= 4 is 0 Å². The second kappa shape index (κ2) is 5.85. The van der Waals surface area contributed by atoms with E-state index in [1.807, 2.05) is 0 Å². The van der Waals surface area contributed by atoms with Gasteiger partial charge in [-0.2, -0.15) is 0 Å². The molecule has 0 spiro atoms. The number of benzene rings is 1. The van der Waals surface area contributed by atoms with Crippen LogP contribution in [0, 0.1) is 19.8 Å². The van der Waals surface area contributed by atoms with E-state index in [0.29, 0.717) is 12.0 Å². The van der Waals surface area contributed by atoms with Gasteiger partial charge >= 0.3 is 0 Å². The summed E-state index contributed by atoms with van der Waals surface area (Å²) in [6.07, 6.45) is 2.58. The Morgan fingerprint density at radius 3 is 2.78 bits per heavy atom. The molecule has 100 valence electrons. The predicted octanol–water partition coefficient (Wildman–Crippen LogP) is 2.86. The minimum absolute atomic E-state index is 0.326. The van der Waals surface area contributed by atoms with Gasteiger partial charge in [-0.25, -0.2) is 0 Å². The lowest BCUT2D eigenvalue weighted by Crippen LogP contribution is -2.41. The lowest BCUT2D eigenvalue weighted by Gasteiger charge is -2.34. The Hall–Kier alpha value is -0.860. The Kier molecular flexibility index (Phi) is 4.41. The molecule has 1 aromatic rings. The van der Waals surface area contributed by atoms with Crippen LogP contribution in [-0.2, 0) is 6.54 Å². The first-order chi connectivity index (χ1) is 8.56. The van der Waals surface area contributed by atoms with Crippen LogP contribution in [0.25, 0.3) is 0 Å². The maximum atomic E-state index is 6.04. The molecule has 1 fully saturated rings. The average molecular weight is 246 g/mol. The monoisotopic (exact) mass is 246 g/mol. The highest BCUT2D eigenvalue weighted by atomic mass is 15.1. The first-order valence-electron chi connectivity index (χ1n) is 7.10. The van der Waals surface area contributed by atoms with Gasteiger partial charge in [-0.15, -0.1) is 0 Å². The first-order valence-corrected chi connectivity index (χ1v) is 7.10. The molecule has 2 rings (SSSR count). The minimum Gasteiger partial charge on any atom is -0.328 e. The number of nitrogens with two attached hydrogens (primary N) is 1. The molecular weight excluding hydrogens is 220 g/mol. The summed E-state index contributed by atoms with van der Waals surface area (Å²) in [6.45, 7) is 9.96. The lowest BCUT2D eigenvalue weighted by atomic mass is 9.92. The number of hydrogen-bond donors (Lipinski definition) is 1. The molecular formula is C16H26N2. The molecule has 1 saturated heterocycles. The van der Waals surface area contributed by atoms with Crippen molar-refractivity contribution < 1.29 is 0 Å². The van der Waals surface area contributed by atoms with Gasteiger partial charge in [0, 0.05) is 19.1 Å². The fraction of sp³-hybridized carbons (Fsp3) is 0.625. The van der Waals surface area contributed by atoms with Gasteiger partial charge in [0.1, 0.15) is 0 Å². The van der Waals surface area contributed by atoms with Crippen LogP contribution in [0.3, 0.4) is 0 Å². The summed E-state index contributed by atoms with van der Waals surface area (Å²) in [5.41, 5.74) is 10.3. The zero-order valence-electron chi connectivity index (χ0n) is 11.9. The van der Waals surface area contributed by atoms with Crippen LogP contribution < -0.4 is 5.73 Å². The molecule has 0 aliphatic carbocycles. The van der Waals surface area contributed by atoms with Crippen LogP contribution in [0.1, 0.15) is 36.5 Å². The van der Waals surface area contributed by atoms with Crippen molar-refractivity contribution in [1.29, 1.82) is 0 Å². The number of aryl methyl sites for hydroxylation is 2. The second-order valence-electron chi connectivity index (χ2n) is 5.92. The fourth-order valence-electron chi connectivity index (χ4n) is 2.82. The summed E-state index contributed by atoms with van der Waals surface area (Å²) >= 11 is 0. The van der Waals surface area contributed by atoms with Gasteiger partial charge in [-0.1, -0.05) is 18.2 Å². The molecule has 18 heavy (non-hydrogen) atoms. The second-order valence-corrected chi connectivity index (χ2v) is 5.92. The number of piperidine rings is 1. The van der Waals surface area contributed by atoms with Crippen LogP contribution in [0.2, 0.25) is 0 Å². The number of likely N-dealkylation sites (tertiary alicyclic amines) is 1. The van der Waals surface area contributed by atoms with Gasteiger partial charge < -0.3 is 5.73 Å². The van der Waals surface area contributed by atoms with Gasteiger partial charge in [0.15, 0.2) is 0 Å². The number of rotatable bonds is 3. The molecule has 1 heterocycles. The molecule has 1 aliphatic heterocycles. The van der Waals surface area contributed by atoms with E-state index in [4.69, 9.17) is 5.73 Å². The first kappa shape index (κ1) is 13.6. The highest BCUT2D eigenvalue weighted by Crippen LogP contribution is 2.21. The maximum Gasteiger partial charge on any atom is 0.0233 e. The van der Waals surface area contributed by atoms with Gasteiger partial charge in [0.05, 0.1) is 0 Å². The van der Waals surface area contributed by atoms with Crippen molar-refractivity contribution in [2.45, 2.75) is 46.2 Å². The molecule has 2 nitrogen and oxygen atoms in total. The molecule has 0 bridgehead atoms. The number of hydrogen-bond acceptors (Lipinski definition) is 2. The molecule has 2 N–H and O–H groups in total. The van der Waals surface area contributed by atoms with Gasteiger partial charge in [0.25, 0.3) is 0 Å². The quantitative estimate of drug-likeness (QED) is 0.888.